The van der Waals surface area contributed by atoms with Crippen molar-refractivity contribution in [3.63, 3.8) is 0 Å². The van der Waals surface area contributed by atoms with Gasteiger partial charge in [-0.05, 0) is 122 Å². The molecule has 0 fully saturated rings. The van der Waals surface area contributed by atoms with Crippen molar-refractivity contribution in [2.75, 3.05) is 0 Å². The van der Waals surface area contributed by atoms with Crippen molar-refractivity contribution >= 4 is 54.4 Å². The Labute approximate surface area is 311 Å². The lowest BCUT2D eigenvalue weighted by atomic mass is 9.63. The average molecular weight is 685 g/mol. The van der Waals surface area contributed by atoms with Gasteiger partial charge in [0.1, 0.15) is 0 Å². The van der Waals surface area contributed by atoms with E-state index in [9.17, 15) is 0 Å². The molecule has 0 amide bonds. The first-order valence-corrected chi connectivity index (χ1v) is 19.3. The summed E-state index contributed by atoms with van der Waals surface area (Å²) in [7, 11) is 0. The molecule has 0 aliphatic heterocycles. The molecule has 0 N–H and O–H groups in total. The zero-order valence-electron chi connectivity index (χ0n) is 31.5. The molecule has 2 nitrogen and oxygen atoms in total. The molecular weight excluding hydrogens is 641 g/mol. The minimum absolute atomic E-state index is 0.0799. The van der Waals surface area contributed by atoms with E-state index in [1.165, 1.54) is 112 Å². The first-order chi connectivity index (χ1) is 25.5. The first-order valence-electron chi connectivity index (χ1n) is 19.3. The third-order valence-corrected chi connectivity index (χ3v) is 13.4. The van der Waals surface area contributed by atoms with Crippen molar-refractivity contribution in [3.8, 4) is 22.5 Å². The molecule has 0 atom stereocenters. The van der Waals surface area contributed by atoms with E-state index >= 15 is 0 Å². The van der Waals surface area contributed by atoms with Gasteiger partial charge in [0.05, 0.1) is 22.1 Å². The van der Waals surface area contributed by atoms with E-state index in [2.05, 4.69) is 184 Å². The topological polar surface area (TPSA) is 9.86 Å². The Morgan fingerprint density at radius 2 is 0.981 bits per heavy atom. The number of nitrogens with zero attached hydrogens (tertiary/aromatic N) is 2. The standard InChI is InChI=1S/C51H44N2/c1-49(2)26-27-50(3,4)41-30-45-37(29-40(41)49)47-43(52(45)32-15-8-7-9-16-32)24-25-44-48(47)46-34-17-11-10-14-31(34)20-23-42(46)53(44)33-21-22-36-35-18-12-13-19-38(35)51(5,6)39(36)28-33/h7-25,28-30H,26-27H2,1-6H3. The monoisotopic (exact) mass is 684 g/mol. The Morgan fingerprint density at radius 1 is 0.396 bits per heavy atom. The molecule has 0 spiro atoms. The Morgan fingerprint density at radius 3 is 1.75 bits per heavy atom. The van der Waals surface area contributed by atoms with Crippen LogP contribution < -0.4 is 0 Å². The largest absolute Gasteiger partial charge is 0.309 e. The van der Waals surface area contributed by atoms with Gasteiger partial charge in [-0.25, -0.2) is 0 Å². The fourth-order valence-corrected chi connectivity index (χ4v) is 10.4. The van der Waals surface area contributed by atoms with E-state index in [-0.39, 0.29) is 16.2 Å². The number of benzene rings is 7. The molecule has 9 aromatic rings. The van der Waals surface area contributed by atoms with E-state index in [0.29, 0.717) is 0 Å². The summed E-state index contributed by atoms with van der Waals surface area (Å²) in [6.07, 6.45) is 2.38. The number of para-hydroxylation sites is 1. The van der Waals surface area contributed by atoms with Gasteiger partial charge in [0.2, 0.25) is 0 Å². The van der Waals surface area contributed by atoms with Crippen molar-refractivity contribution in [3.05, 3.63) is 156 Å². The highest BCUT2D eigenvalue weighted by molar-refractivity contribution is 6.33. The molecule has 7 aromatic carbocycles. The maximum atomic E-state index is 2.59. The molecule has 0 unspecified atom stereocenters. The van der Waals surface area contributed by atoms with Gasteiger partial charge in [0.15, 0.2) is 0 Å². The van der Waals surface area contributed by atoms with Crippen LogP contribution in [0.5, 0.6) is 0 Å². The summed E-state index contributed by atoms with van der Waals surface area (Å²) >= 11 is 0. The van der Waals surface area contributed by atoms with Crippen LogP contribution in [0.1, 0.15) is 76.6 Å². The Kier molecular flexibility index (Phi) is 6.01. The van der Waals surface area contributed by atoms with E-state index in [0.717, 1.165) is 0 Å². The molecule has 11 rings (SSSR count). The fourth-order valence-electron chi connectivity index (χ4n) is 10.4. The number of hydrogen-bond donors (Lipinski definition) is 0. The van der Waals surface area contributed by atoms with Crippen LogP contribution in [-0.4, -0.2) is 9.13 Å². The van der Waals surface area contributed by atoms with Crippen LogP contribution in [0.2, 0.25) is 0 Å². The van der Waals surface area contributed by atoms with Gasteiger partial charge in [0, 0.05) is 38.3 Å². The lowest BCUT2D eigenvalue weighted by Gasteiger charge is -2.42. The summed E-state index contributed by atoms with van der Waals surface area (Å²) < 4.78 is 5.08. The van der Waals surface area contributed by atoms with E-state index in [4.69, 9.17) is 0 Å². The maximum Gasteiger partial charge on any atom is 0.0549 e. The van der Waals surface area contributed by atoms with Gasteiger partial charge in [0.25, 0.3) is 0 Å². The van der Waals surface area contributed by atoms with Crippen molar-refractivity contribution in [2.45, 2.75) is 70.6 Å². The molecule has 0 saturated heterocycles. The third-order valence-electron chi connectivity index (χ3n) is 13.4. The van der Waals surface area contributed by atoms with Crippen LogP contribution in [0, 0.1) is 0 Å². The second kappa shape index (κ2) is 10.3. The van der Waals surface area contributed by atoms with Gasteiger partial charge in [-0.3, -0.25) is 0 Å². The van der Waals surface area contributed by atoms with Crippen molar-refractivity contribution in [1.29, 1.82) is 0 Å². The quantitative estimate of drug-likeness (QED) is 0.172. The second-order valence-electron chi connectivity index (χ2n) is 17.6. The van der Waals surface area contributed by atoms with Gasteiger partial charge >= 0.3 is 0 Å². The maximum absolute atomic E-state index is 2.59. The lowest BCUT2D eigenvalue weighted by Crippen LogP contribution is -2.33. The van der Waals surface area contributed by atoms with Crippen LogP contribution >= 0.6 is 0 Å². The van der Waals surface area contributed by atoms with Crippen LogP contribution in [0.3, 0.4) is 0 Å². The van der Waals surface area contributed by atoms with E-state index in [1.807, 2.05) is 0 Å². The Bertz CT molecular complexity index is 3020. The second-order valence-corrected chi connectivity index (χ2v) is 17.6. The van der Waals surface area contributed by atoms with Gasteiger partial charge in [-0.1, -0.05) is 120 Å². The average Bonchev–Trinajstić information content (AvgIpc) is 3.76. The predicted molar refractivity (Wildman–Crippen MR) is 225 cm³/mol. The Hall–Kier alpha value is -5.60. The number of fused-ring (bicyclic) bond motifs is 13. The zero-order chi connectivity index (χ0) is 36.0. The molecule has 0 saturated carbocycles. The summed E-state index contributed by atoms with van der Waals surface area (Å²) in [5, 5.41) is 7.93. The summed E-state index contributed by atoms with van der Waals surface area (Å²) in [5.74, 6) is 0. The fraction of sp³-hybridized carbons (Fsp3) is 0.216. The minimum atomic E-state index is -0.0799. The lowest BCUT2D eigenvalue weighted by molar-refractivity contribution is 0.332. The smallest absolute Gasteiger partial charge is 0.0549 e. The third kappa shape index (κ3) is 4.04. The summed E-state index contributed by atoms with van der Waals surface area (Å²) in [6, 6.07) is 50.7. The number of rotatable bonds is 2. The van der Waals surface area contributed by atoms with E-state index in [1.54, 1.807) is 0 Å². The van der Waals surface area contributed by atoms with Gasteiger partial charge in [-0.15, -0.1) is 0 Å². The van der Waals surface area contributed by atoms with Gasteiger partial charge < -0.3 is 9.13 Å². The normalized spacial score (nSPS) is 16.8. The molecule has 53 heavy (non-hydrogen) atoms. The summed E-state index contributed by atoms with van der Waals surface area (Å²) in [5.41, 5.74) is 16.1. The minimum Gasteiger partial charge on any atom is -0.309 e. The van der Waals surface area contributed by atoms with Crippen molar-refractivity contribution in [1.82, 2.24) is 9.13 Å². The van der Waals surface area contributed by atoms with Crippen LogP contribution in [0.15, 0.2) is 133 Å². The van der Waals surface area contributed by atoms with Crippen LogP contribution in [0.25, 0.3) is 76.9 Å². The SMILES string of the molecule is CC1(C)CCC(C)(C)c2cc3c(cc21)c1c2c4c5ccccc5ccc4n(-c4ccc5c(c4)C(C)(C)c4ccccc4-5)c2ccc1n3-c1ccccc1. The van der Waals surface area contributed by atoms with Crippen molar-refractivity contribution in [2.24, 2.45) is 0 Å². The number of aromatic nitrogens is 2. The first kappa shape index (κ1) is 31.0. The zero-order valence-corrected chi connectivity index (χ0v) is 31.5. The van der Waals surface area contributed by atoms with Crippen LogP contribution in [0.4, 0.5) is 0 Å². The molecule has 0 radical (unpaired) electrons. The van der Waals surface area contributed by atoms with Crippen molar-refractivity contribution < 1.29 is 0 Å². The highest BCUT2D eigenvalue weighted by Crippen LogP contribution is 2.52. The molecule has 2 heterocycles. The van der Waals surface area contributed by atoms with Crippen LogP contribution in [-0.2, 0) is 16.2 Å². The molecule has 0 bridgehead atoms. The number of hydrogen-bond acceptors (Lipinski definition) is 0. The molecule has 2 aliphatic rings. The Balaban J connectivity index is 1.33. The molecular formula is C51H44N2. The molecule has 2 aliphatic carbocycles. The van der Waals surface area contributed by atoms with E-state index < -0.39 is 0 Å². The molecule has 2 aromatic heterocycles. The summed E-state index contributed by atoms with van der Waals surface area (Å²) in [4.78, 5) is 0. The molecule has 2 heteroatoms. The predicted octanol–water partition coefficient (Wildman–Crippen LogP) is 13.7. The highest BCUT2D eigenvalue weighted by atomic mass is 15.0. The summed E-state index contributed by atoms with van der Waals surface area (Å²) in [6.45, 7) is 14.5. The van der Waals surface area contributed by atoms with Gasteiger partial charge in [-0.2, -0.15) is 0 Å². The highest BCUT2D eigenvalue weighted by Gasteiger charge is 2.39. The molecule has 258 valence electrons.